The molecule has 0 N–H and O–H groups in total. The average molecular weight is 390 g/mol. The second-order valence-electron chi connectivity index (χ2n) is 5.38. The number of hydrogen-bond donors (Lipinski definition) is 0. The number of methoxy groups -OCH3 is 2. The van der Waals surface area contributed by atoms with Crippen LogP contribution >= 0.6 is 0 Å². The highest BCUT2D eigenvalue weighted by Gasteiger charge is 2.19. The van der Waals surface area contributed by atoms with E-state index in [4.69, 9.17) is 8.92 Å². The van der Waals surface area contributed by atoms with Crippen molar-refractivity contribution in [2.24, 2.45) is 0 Å². The summed E-state index contributed by atoms with van der Waals surface area (Å²) in [5.41, 5.74) is 0.987. The summed E-state index contributed by atoms with van der Waals surface area (Å²) in [6, 6.07) is 9.91. The van der Waals surface area contributed by atoms with Crippen molar-refractivity contribution in [3.8, 4) is 11.5 Å². The van der Waals surface area contributed by atoms with Crippen LogP contribution in [0.25, 0.3) is 6.08 Å². The Hall–Kier alpha value is -3.13. The quantitative estimate of drug-likeness (QED) is 0.310. The van der Waals surface area contributed by atoms with Crippen LogP contribution in [-0.4, -0.2) is 34.4 Å². The van der Waals surface area contributed by atoms with E-state index in [0.717, 1.165) is 0 Å². The molecule has 0 fully saturated rings. The van der Waals surface area contributed by atoms with Crippen LogP contribution in [0.5, 0.6) is 11.5 Å². The van der Waals surface area contributed by atoms with Crippen molar-refractivity contribution in [1.29, 1.82) is 0 Å². The summed E-state index contributed by atoms with van der Waals surface area (Å²) in [7, 11) is -1.49. The standard InChI is InChI=1S/C19H18O7S/c1-13(20)15-6-8-16(9-7-15)27(22,23)26-17-10-4-14(12-18(17)24-2)5-11-19(21)25-3/h4-12H,1-3H3/b11-5+. The Labute approximate surface area is 157 Å². The van der Waals surface area contributed by atoms with Gasteiger partial charge in [0.1, 0.15) is 4.90 Å². The van der Waals surface area contributed by atoms with Crippen LogP contribution in [0, 0.1) is 0 Å². The molecule has 0 atom stereocenters. The predicted octanol–water partition coefficient (Wildman–Crippen LogP) is 2.85. The van der Waals surface area contributed by atoms with Crippen LogP contribution < -0.4 is 8.92 Å². The highest BCUT2D eigenvalue weighted by Crippen LogP contribution is 2.31. The van der Waals surface area contributed by atoms with Gasteiger partial charge in [0.2, 0.25) is 0 Å². The molecule has 0 aromatic heterocycles. The van der Waals surface area contributed by atoms with Gasteiger partial charge >= 0.3 is 16.1 Å². The van der Waals surface area contributed by atoms with E-state index in [2.05, 4.69) is 4.74 Å². The topological polar surface area (TPSA) is 96.0 Å². The molecule has 8 heteroatoms. The zero-order valence-electron chi connectivity index (χ0n) is 15.0. The van der Waals surface area contributed by atoms with Gasteiger partial charge in [-0.3, -0.25) is 4.79 Å². The fourth-order valence-electron chi connectivity index (χ4n) is 2.11. The van der Waals surface area contributed by atoms with E-state index in [1.54, 1.807) is 6.07 Å². The van der Waals surface area contributed by atoms with E-state index in [0.29, 0.717) is 11.1 Å². The maximum absolute atomic E-state index is 12.5. The first-order chi connectivity index (χ1) is 12.8. The van der Waals surface area contributed by atoms with Gasteiger partial charge in [0.15, 0.2) is 17.3 Å². The molecule has 0 aliphatic carbocycles. The van der Waals surface area contributed by atoms with Gasteiger partial charge in [-0.25, -0.2) is 4.79 Å². The zero-order valence-corrected chi connectivity index (χ0v) is 15.8. The Kier molecular flexibility index (Phi) is 6.36. The van der Waals surface area contributed by atoms with Crippen LogP contribution in [0.2, 0.25) is 0 Å². The SMILES string of the molecule is COC(=O)/C=C/c1ccc(OS(=O)(=O)c2ccc(C(C)=O)cc2)c(OC)c1. The molecule has 2 rings (SSSR count). The van der Waals surface area contributed by atoms with Gasteiger partial charge in [-0.1, -0.05) is 18.2 Å². The predicted molar refractivity (Wildman–Crippen MR) is 98.3 cm³/mol. The summed E-state index contributed by atoms with van der Waals surface area (Å²) < 4.78 is 39.7. The Morgan fingerprint density at radius 2 is 1.63 bits per heavy atom. The molecule has 0 saturated heterocycles. The number of Topliss-reactive ketones (excluding diaryl/α,β-unsaturated/α-hetero) is 1. The number of rotatable bonds is 7. The Balaban J connectivity index is 2.28. The second-order valence-corrected chi connectivity index (χ2v) is 6.93. The van der Waals surface area contributed by atoms with E-state index in [-0.39, 0.29) is 22.2 Å². The van der Waals surface area contributed by atoms with Crippen molar-refractivity contribution in [3.63, 3.8) is 0 Å². The van der Waals surface area contributed by atoms with Gasteiger partial charge in [-0.15, -0.1) is 0 Å². The molecule has 0 heterocycles. The average Bonchev–Trinajstić information content (AvgIpc) is 2.66. The molecule has 0 spiro atoms. The minimum absolute atomic E-state index is 0.0108. The third kappa shape index (κ3) is 5.18. The molecule has 27 heavy (non-hydrogen) atoms. The lowest BCUT2D eigenvalue weighted by molar-refractivity contribution is -0.134. The number of ketones is 1. The van der Waals surface area contributed by atoms with Crippen molar-refractivity contribution in [3.05, 3.63) is 59.7 Å². The molecule has 0 aliphatic rings. The monoisotopic (exact) mass is 390 g/mol. The second kappa shape index (κ2) is 8.50. The third-order valence-electron chi connectivity index (χ3n) is 3.55. The van der Waals surface area contributed by atoms with Crippen molar-refractivity contribution < 1.29 is 31.7 Å². The number of carbonyl (C=O) groups is 2. The lowest BCUT2D eigenvalue weighted by Crippen LogP contribution is -2.10. The van der Waals surface area contributed by atoms with Crippen LogP contribution in [0.4, 0.5) is 0 Å². The summed E-state index contributed by atoms with van der Waals surface area (Å²) in [4.78, 5) is 22.4. The first-order valence-corrected chi connectivity index (χ1v) is 9.17. The van der Waals surface area contributed by atoms with Crippen molar-refractivity contribution in [2.45, 2.75) is 11.8 Å². The van der Waals surface area contributed by atoms with E-state index in [1.165, 1.54) is 69.7 Å². The van der Waals surface area contributed by atoms with Gasteiger partial charge in [0, 0.05) is 11.6 Å². The first kappa shape index (κ1) is 20.2. The number of carbonyl (C=O) groups excluding carboxylic acids is 2. The summed E-state index contributed by atoms with van der Waals surface area (Å²) >= 11 is 0. The molecule has 2 aromatic carbocycles. The van der Waals surface area contributed by atoms with Gasteiger partial charge in [0.25, 0.3) is 0 Å². The molecular weight excluding hydrogens is 372 g/mol. The number of benzene rings is 2. The molecule has 2 aromatic rings. The largest absolute Gasteiger partial charge is 0.493 e. The molecule has 0 saturated carbocycles. The number of esters is 1. The molecule has 0 bridgehead atoms. The Bertz CT molecular complexity index is 974. The Morgan fingerprint density at radius 3 is 2.19 bits per heavy atom. The molecule has 0 unspecified atom stereocenters. The van der Waals surface area contributed by atoms with Gasteiger partial charge < -0.3 is 13.7 Å². The summed E-state index contributed by atoms with van der Waals surface area (Å²) in [5.74, 6) is -0.530. The van der Waals surface area contributed by atoms with Crippen molar-refractivity contribution >= 4 is 27.9 Å². The van der Waals surface area contributed by atoms with Crippen molar-refractivity contribution in [2.75, 3.05) is 14.2 Å². The molecule has 7 nitrogen and oxygen atoms in total. The van der Waals surface area contributed by atoms with E-state index in [9.17, 15) is 18.0 Å². The lowest BCUT2D eigenvalue weighted by Gasteiger charge is -2.11. The summed E-state index contributed by atoms with van der Waals surface area (Å²) in [6.07, 6.45) is 2.72. The minimum Gasteiger partial charge on any atom is -0.493 e. The van der Waals surface area contributed by atoms with Crippen molar-refractivity contribution in [1.82, 2.24) is 0 Å². The number of ether oxygens (including phenoxy) is 2. The lowest BCUT2D eigenvalue weighted by atomic mass is 10.2. The fourth-order valence-corrected chi connectivity index (χ4v) is 3.05. The zero-order chi connectivity index (χ0) is 20.0. The van der Waals surface area contributed by atoms with Crippen LogP contribution in [-0.2, 0) is 19.6 Å². The minimum atomic E-state index is -4.11. The third-order valence-corrected chi connectivity index (χ3v) is 4.80. The van der Waals surface area contributed by atoms with E-state index >= 15 is 0 Å². The normalized spacial score (nSPS) is 11.2. The fraction of sp³-hybridized carbons (Fsp3) is 0.158. The highest BCUT2D eigenvalue weighted by molar-refractivity contribution is 7.87. The molecule has 0 amide bonds. The summed E-state index contributed by atoms with van der Waals surface area (Å²) in [5, 5.41) is 0. The Morgan fingerprint density at radius 1 is 0.963 bits per heavy atom. The van der Waals surface area contributed by atoms with Crippen LogP contribution in [0.1, 0.15) is 22.8 Å². The van der Waals surface area contributed by atoms with E-state index < -0.39 is 16.1 Å². The van der Waals surface area contributed by atoms with Crippen LogP contribution in [0.15, 0.2) is 53.4 Å². The molecular formula is C19H18O7S. The molecule has 142 valence electrons. The van der Waals surface area contributed by atoms with E-state index in [1.807, 2.05) is 0 Å². The molecule has 0 radical (unpaired) electrons. The maximum atomic E-state index is 12.5. The van der Waals surface area contributed by atoms with Gasteiger partial charge in [-0.2, -0.15) is 8.42 Å². The van der Waals surface area contributed by atoms with Gasteiger partial charge in [0.05, 0.1) is 14.2 Å². The maximum Gasteiger partial charge on any atom is 0.339 e. The highest BCUT2D eigenvalue weighted by atomic mass is 32.2. The first-order valence-electron chi connectivity index (χ1n) is 7.76. The van der Waals surface area contributed by atoms with Crippen LogP contribution in [0.3, 0.4) is 0 Å². The summed E-state index contributed by atoms with van der Waals surface area (Å²) in [6.45, 7) is 1.39. The number of hydrogen-bond acceptors (Lipinski definition) is 7. The van der Waals surface area contributed by atoms with Gasteiger partial charge in [-0.05, 0) is 42.8 Å². The molecule has 0 aliphatic heterocycles. The smallest absolute Gasteiger partial charge is 0.339 e.